The maximum Gasteiger partial charge on any atom is 0.00708 e. The van der Waals surface area contributed by atoms with Gasteiger partial charge >= 0.3 is 0 Å². The van der Waals surface area contributed by atoms with E-state index >= 15 is 0 Å². The van der Waals surface area contributed by atoms with Crippen LogP contribution in [0.2, 0.25) is 0 Å². The van der Waals surface area contributed by atoms with Gasteiger partial charge in [0.1, 0.15) is 0 Å². The van der Waals surface area contributed by atoms with E-state index in [4.69, 9.17) is 0 Å². The van der Waals surface area contributed by atoms with Crippen LogP contribution in [0.25, 0.3) is 0 Å². The lowest BCUT2D eigenvalue weighted by Gasteiger charge is -2.02. The monoisotopic (exact) mass is 133 g/mol. The van der Waals surface area contributed by atoms with Crippen molar-refractivity contribution in [2.24, 2.45) is 0 Å². The molecule has 0 amide bonds. The molecule has 0 unspecified atom stereocenters. The van der Waals surface area contributed by atoms with E-state index in [1.807, 2.05) is 0 Å². The van der Waals surface area contributed by atoms with Gasteiger partial charge in [-0.05, 0) is 25.7 Å². The molecular weight excluding hydrogens is 122 g/mol. The lowest BCUT2D eigenvalue weighted by atomic mass is 10.0. The van der Waals surface area contributed by atoms with Crippen molar-refractivity contribution >= 4 is 12.4 Å². The SMILES string of the molecule is C1CC2CCC1N2.Cl. The van der Waals surface area contributed by atoms with Crippen molar-refractivity contribution in [2.75, 3.05) is 0 Å². The Morgan fingerprint density at radius 2 is 1.25 bits per heavy atom. The Hall–Kier alpha value is 0.250. The molecule has 0 aromatic heterocycles. The molecule has 8 heavy (non-hydrogen) atoms. The van der Waals surface area contributed by atoms with E-state index < -0.39 is 0 Å². The molecule has 0 aromatic rings. The predicted octanol–water partition coefficient (Wildman–Crippen LogP) is 1.32. The molecule has 2 aliphatic heterocycles. The maximum absolute atomic E-state index is 3.53. The van der Waals surface area contributed by atoms with Crippen LogP contribution in [0.15, 0.2) is 0 Å². The van der Waals surface area contributed by atoms with Crippen LogP contribution in [-0.4, -0.2) is 12.1 Å². The molecule has 0 aliphatic carbocycles. The first kappa shape index (κ1) is 6.37. The Kier molecular flexibility index (Phi) is 1.78. The summed E-state index contributed by atoms with van der Waals surface area (Å²) in [6.07, 6.45) is 5.80. The van der Waals surface area contributed by atoms with E-state index in [1.165, 1.54) is 25.7 Å². The fourth-order valence-electron chi connectivity index (χ4n) is 1.76. The molecule has 1 nitrogen and oxygen atoms in total. The second-order valence-electron chi connectivity index (χ2n) is 2.72. The summed E-state index contributed by atoms with van der Waals surface area (Å²) < 4.78 is 0. The first-order valence-corrected chi connectivity index (χ1v) is 3.21. The number of fused-ring (bicyclic) bond motifs is 2. The Morgan fingerprint density at radius 3 is 1.38 bits per heavy atom. The average Bonchev–Trinajstić information content (AvgIpc) is 2.22. The molecule has 2 aliphatic rings. The third kappa shape index (κ3) is 0.848. The van der Waals surface area contributed by atoms with Crippen LogP contribution < -0.4 is 5.32 Å². The van der Waals surface area contributed by atoms with Crippen molar-refractivity contribution in [2.45, 2.75) is 37.8 Å². The summed E-state index contributed by atoms with van der Waals surface area (Å²) in [4.78, 5) is 0. The minimum absolute atomic E-state index is 0. The summed E-state index contributed by atoms with van der Waals surface area (Å²) in [6.45, 7) is 0. The fraction of sp³-hybridized carbons (Fsp3) is 1.00. The van der Waals surface area contributed by atoms with Gasteiger partial charge in [0.2, 0.25) is 0 Å². The number of halogens is 1. The number of hydrogen-bond donors (Lipinski definition) is 1. The predicted molar refractivity (Wildman–Crippen MR) is 36.4 cm³/mol. The molecule has 2 fully saturated rings. The van der Waals surface area contributed by atoms with Crippen molar-refractivity contribution in [1.82, 2.24) is 5.32 Å². The molecule has 2 saturated heterocycles. The summed E-state index contributed by atoms with van der Waals surface area (Å²) >= 11 is 0. The Balaban J connectivity index is 0.000000320. The molecule has 0 radical (unpaired) electrons. The van der Waals surface area contributed by atoms with Gasteiger partial charge in [-0.15, -0.1) is 12.4 Å². The Bertz CT molecular complexity index is 66.6. The van der Waals surface area contributed by atoms with Crippen molar-refractivity contribution in [3.05, 3.63) is 0 Å². The van der Waals surface area contributed by atoms with Gasteiger partial charge in [0, 0.05) is 12.1 Å². The zero-order valence-corrected chi connectivity index (χ0v) is 5.71. The quantitative estimate of drug-likeness (QED) is 0.526. The van der Waals surface area contributed by atoms with E-state index in [-0.39, 0.29) is 12.4 Å². The van der Waals surface area contributed by atoms with Crippen LogP contribution in [0.4, 0.5) is 0 Å². The summed E-state index contributed by atoms with van der Waals surface area (Å²) in [5.74, 6) is 0. The molecule has 2 heterocycles. The van der Waals surface area contributed by atoms with Gasteiger partial charge in [0.05, 0.1) is 0 Å². The molecule has 0 atom stereocenters. The Morgan fingerprint density at radius 1 is 0.875 bits per heavy atom. The van der Waals surface area contributed by atoms with Crippen LogP contribution in [0.3, 0.4) is 0 Å². The second kappa shape index (κ2) is 2.24. The van der Waals surface area contributed by atoms with Crippen molar-refractivity contribution in [3.63, 3.8) is 0 Å². The van der Waals surface area contributed by atoms with Crippen LogP contribution in [0, 0.1) is 0 Å². The van der Waals surface area contributed by atoms with Gasteiger partial charge < -0.3 is 5.32 Å². The first-order chi connectivity index (χ1) is 3.45. The summed E-state index contributed by atoms with van der Waals surface area (Å²) in [5.41, 5.74) is 0. The lowest BCUT2D eigenvalue weighted by molar-refractivity contribution is 0.576. The highest BCUT2D eigenvalue weighted by Crippen LogP contribution is 2.26. The third-order valence-corrected chi connectivity index (χ3v) is 2.20. The van der Waals surface area contributed by atoms with Gasteiger partial charge in [-0.3, -0.25) is 0 Å². The largest absolute Gasteiger partial charge is 0.311 e. The average molecular weight is 134 g/mol. The standard InChI is InChI=1S/C6H11N.ClH/c1-2-6-4-3-5(1)7-6;/h5-7H,1-4H2;1H. The lowest BCUT2D eigenvalue weighted by Crippen LogP contribution is -2.17. The third-order valence-electron chi connectivity index (χ3n) is 2.20. The van der Waals surface area contributed by atoms with Crippen LogP contribution in [-0.2, 0) is 0 Å². The zero-order chi connectivity index (χ0) is 4.69. The van der Waals surface area contributed by atoms with Crippen LogP contribution >= 0.6 is 12.4 Å². The number of nitrogens with one attached hydrogen (secondary N) is 1. The molecule has 2 bridgehead atoms. The van der Waals surface area contributed by atoms with E-state index in [1.54, 1.807) is 0 Å². The van der Waals surface area contributed by atoms with E-state index in [0.717, 1.165) is 12.1 Å². The zero-order valence-electron chi connectivity index (χ0n) is 4.89. The maximum atomic E-state index is 3.53. The summed E-state index contributed by atoms with van der Waals surface area (Å²) in [6, 6.07) is 1.84. The van der Waals surface area contributed by atoms with E-state index in [9.17, 15) is 0 Å². The highest BCUT2D eigenvalue weighted by Gasteiger charge is 2.29. The van der Waals surface area contributed by atoms with E-state index in [2.05, 4.69) is 5.32 Å². The molecular formula is C6H12ClN. The normalized spacial score (nSPS) is 42.0. The van der Waals surface area contributed by atoms with Crippen molar-refractivity contribution in [3.8, 4) is 0 Å². The number of rotatable bonds is 0. The molecule has 2 rings (SSSR count). The molecule has 2 heteroatoms. The van der Waals surface area contributed by atoms with Gasteiger partial charge in [-0.1, -0.05) is 0 Å². The van der Waals surface area contributed by atoms with Gasteiger partial charge in [-0.2, -0.15) is 0 Å². The molecule has 1 N–H and O–H groups in total. The van der Waals surface area contributed by atoms with Gasteiger partial charge in [-0.25, -0.2) is 0 Å². The molecule has 0 saturated carbocycles. The minimum Gasteiger partial charge on any atom is -0.311 e. The highest BCUT2D eigenvalue weighted by molar-refractivity contribution is 5.85. The number of hydrogen-bond acceptors (Lipinski definition) is 1. The molecule has 0 aromatic carbocycles. The topological polar surface area (TPSA) is 12.0 Å². The fourth-order valence-corrected chi connectivity index (χ4v) is 1.76. The first-order valence-electron chi connectivity index (χ1n) is 3.21. The van der Waals surface area contributed by atoms with Gasteiger partial charge in [0.15, 0.2) is 0 Å². The second-order valence-corrected chi connectivity index (χ2v) is 2.72. The molecule has 0 spiro atoms. The summed E-state index contributed by atoms with van der Waals surface area (Å²) in [5, 5.41) is 3.53. The minimum atomic E-state index is 0. The van der Waals surface area contributed by atoms with Crippen LogP contribution in [0.1, 0.15) is 25.7 Å². The van der Waals surface area contributed by atoms with Gasteiger partial charge in [0.25, 0.3) is 0 Å². The highest BCUT2D eigenvalue weighted by atomic mass is 35.5. The van der Waals surface area contributed by atoms with Crippen molar-refractivity contribution in [1.29, 1.82) is 0 Å². The summed E-state index contributed by atoms with van der Waals surface area (Å²) in [7, 11) is 0. The van der Waals surface area contributed by atoms with Crippen molar-refractivity contribution < 1.29 is 0 Å². The smallest absolute Gasteiger partial charge is 0.00708 e. The van der Waals surface area contributed by atoms with E-state index in [0.29, 0.717) is 0 Å². The Labute approximate surface area is 56.3 Å². The van der Waals surface area contributed by atoms with Crippen LogP contribution in [0.5, 0.6) is 0 Å². The molecule has 48 valence electrons.